The van der Waals surface area contributed by atoms with E-state index < -0.39 is 0 Å². The van der Waals surface area contributed by atoms with Gasteiger partial charge in [0.15, 0.2) is 0 Å². The fourth-order valence-corrected chi connectivity index (χ4v) is 4.32. The van der Waals surface area contributed by atoms with Gasteiger partial charge in [0.05, 0.1) is 23.7 Å². The van der Waals surface area contributed by atoms with E-state index in [-0.39, 0.29) is 11.9 Å². The van der Waals surface area contributed by atoms with Gasteiger partial charge in [0, 0.05) is 30.0 Å². The molecule has 150 valence electrons. The zero-order chi connectivity index (χ0) is 20.8. The first-order chi connectivity index (χ1) is 14.6. The monoisotopic (exact) mass is 418 g/mol. The van der Waals surface area contributed by atoms with Crippen LogP contribution in [0.1, 0.15) is 34.5 Å². The van der Waals surface area contributed by atoms with E-state index in [9.17, 15) is 4.79 Å². The van der Waals surface area contributed by atoms with Gasteiger partial charge in [-0.15, -0.1) is 0 Å². The van der Waals surface area contributed by atoms with Gasteiger partial charge < -0.3 is 14.2 Å². The number of amides is 1. The highest BCUT2D eigenvalue weighted by Crippen LogP contribution is 2.40. The lowest BCUT2D eigenvalue weighted by atomic mass is 10.0. The summed E-state index contributed by atoms with van der Waals surface area (Å²) < 4.78 is 7.18. The van der Waals surface area contributed by atoms with Crippen LogP contribution in [0.3, 0.4) is 0 Å². The first kappa shape index (κ1) is 18.6. The molecule has 0 radical (unpaired) electrons. The molecule has 0 aliphatic carbocycles. The molecule has 1 atom stereocenters. The third kappa shape index (κ3) is 2.92. The molecule has 0 spiro atoms. The third-order valence-electron chi connectivity index (χ3n) is 5.64. The van der Waals surface area contributed by atoms with Gasteiger partial charge in [-0.05, 0) is 48.4 Å². The molecule has 1 aliphatic heterocycles. The number of carbonyl (C=O) groups excluding carboxylic acids is 1. The molecule has 1 aliphatic rings. The first-order valence-electron chi connectivity index (χ1n) is 9.61. The van der Waals surface area contributed by atoms with Gasteiger partial charge in [0.2, 0.25) is 0 Å². The van der Waals surface area contributed by atoms with E-state index in [0.717, 1.165) is 33.6 Å². The second kappa shape index (κ2) is 7.15. The van der Waals surface area contributed by atoms with Crippen molar-refractivity contribution in [2.75, 3.05) is 7.11 Å². The maximum Gasteiger partial charge on any atom is 0.256 e. The highest BCUT2D eigenvalue weighted by Gasteiger charge is 2.36. The van der Waals surface area contributed by atoms with Crippen LogP contribution in [-0.2, 0) is 6.54 Å². The Morgan fingerprint density at radius 3 is 2.73 bits per heavy atom. The molecule has 0 bridgehead atoms. The minimum Gasteiger partial charge on any atom is -0.497 e. The molecule has 2 aromatic carbocycles. The highest BCUT2D eigenvalue weighted by molar-refractivity contribution is 6.34. The molecular weight excluding hydrogens is 400 g/mol. The van der Waals surface area contributed by atoms with Crippen molar-refractivity contribution in [2.24, 2.45) is 0 Å². The first-order valence-corrected chi connectivity index (χ1v) is 9.99. The Hall–Kier alpha value is -3.38. The molecule has 2 aromatic heterocycles. The van der Waals surface area contributed by atoms with E-state index in [2.05, 4.69) is 9.97 Å². The van der Waals surface area contributed by atoms with Crippen LogP contribution in [0.4, 0.5) is 0 Å². The molecule has 1 unspecified atom stereocenters. The predicted molar refractivity (Wildman–Crippen MR) is 115 cm³/mol. The van der Waals surface area contributed by atoms with E-state index in [1.54, 1.807) is 13.3 Å². The van der Waals surface area contributed by atoms with E-state index in [0.29, 0.717) is 17.1 Å². The lowest BCUT2D eigenvalue weighted by Gasteiger charge is -2.22. The van der Waals surface area contributed by atoms with E-state index in [1.165, 1.54) is 6.33 Å². The van der Waals surface area contributed by atoms with Crippen molar-refractivity contribution < 1.29 is 9.53 Å². The largest absolute Gasteiger partial charge is 0.497 e. The number of nitrogens with zero attached hydrogens (tertiary/aromatic N) is 4. The van der Waals surface area contributed by atoms with Gasteiger partial charge in [0.1, 0.15) is 17.7 Å². The van der Waals surface area contributed by atoms with Gasteiger partial charge in [-0.25, -0.2) is 9.97 Å². The second-order valence-corrected chi connectivity index (χ2v) is 7.74. The molecule has 4 aromatic rings. The normalized spacial score (nSPS) is 15.6. The molecule has 7 heteroatoms. The van der Waals surface area contributed by atoms with Crippen molar-refractivity contribution in [1.29, 1.82) is 0 Å². The van der Waals surface area contributed by atoms with Crippen LogP contribution in [0.15, 0.2) is 61.2 Å². The third-order valence-corrected chi connectivity index (χ3v) is 5.94. The van der Waals surface area contributed by atoms with Crippen LogP contribution in [0, 0.1) is 0 Å². The van der Waals surface area contributed by atoms with E-state index in [4.69, 9.17) is 16.3 Å². The number of benzene rings is 2. The van der Waals surface area contributed by atoms with E-state index in [1.807, 2.05) is 65.1 Å². The Morgan fingerprint density at radius 1 is 1.17 bits per heavy atom. The number of fused-ring (bicyclic) bond motifs is 2. The lowest BCUT2D eigenvalue weighted by Crippen LogP contribution is -2.26. The molecule has 0 saturated heterocycles. The molecular formula is C23H19ClN4O2. The van der Waals surface area contributed by atoms with Crippen LogP contribution in [0.5, 0.6) is 5.75 Å². The summed E-state index contributed by atoms with van der Waals surface area (Å²) >= 11 is 6.60. The van der Waals surface area contributed by atoms with Gasteiger partial charge in [-0.2, -0.15) is 0 Å². The van der Waals surface area contributed by atoms with Crippen molar-refractivity contribution in [1.82, 2.24) is 19.4 Å². The summed E-state index contributed by atoms with van der Waals surface area (Å²) in [6, 6.07) is 13.5. The average Bonchev–Trinajstić information content (AvgIpc) is 3.29. The Labute approximate surface area is 178 Å². The Bertz CT molecular complexity index is 1270. The number of hydrogen-bond donors (Lipinski definition) is 0. The Balaban J connectivity index is 1.52. The van der Waals surface area contributed by atoms with Crippen LogP contribution in [-0.4, -0.2) is 32.5 Å². The maximum atomic E-state index is 13.2. The SMILES string of the molecule is COc1ccc(CN2C(=O)c3c(Cl)cc(-n4ccc5cncnc54)cc3C2C)cc1. The topological polar surface area (TPSA) is 60.2 Å². The van der Waals surface area contributed by atoms with Crippen LogP contribution in [0.2, 0.25) is 5.02 Å². The number of hydrogen-bond acceptors (Lipinski definition) is 4. The van der Waals surface area contributed by atoms with Gasteiger partial charge in [-0.1, -0.05) is 23.7 Å². The molecule has 0 fully saturated rings. The van der Waals surface area contributed by atoms with Crippen LogP contribution in [0.25, 0.3) is 16.7 Å². The predicted octanol–water partition coefficient (Wildman–Crippen LogP) is 4.80. The fourth-order valence-electron chi connectivity index (χ4n) is 4.02. The number of aromatic nitrogens is 3. The molecule has 6 nitrogen and oxygen atoms in total. The van der Waals surface area contributed by atoms with Crippen molar-refractivity contribution >= 4 is 28.5 Å². The van der Waals surface area contributed by atoms with Gasteiger partial charge in [0.25, 0.3) is 5.91 Å². The summed E-state index contributed by atoms with van der Waals surface area (Å²) in [5.41, 5.74) is 4.21. The zero-order valence-electron chi connectivity index (χ0n) is 16.5. The zero-order valence-corrected chi connectivity index (χ0v) is 17.3. The maximum absolute atomic E-state index is 13.2. The van der Waals surface area contributed by atoms with Gasteiger partial charge in [-0.3, -0.25) is 4.79 Å². The summed E-state index contributed by atoms with van der Waals surface area (Å²) in [6.07, 6.45) is 5.24. The van der Waals surface area contributed by atoms with Crippen molar-refractivity contribution in [3.63, 3.8) is 0 Å². The van der Waals surface area contributed by atoms with Crippen molar-refractivity contribution in [2.45, 2.75) is 19.5 Å². The molecule has 5 rings (SSSR count). The molecule has 1 amide bonds. The minimum absolute atomic E-state index is 0.0513. The molecule has 0 saturated carbocycles. The molecule has 3 heterocycles. The smallest absolute Gasteiger partial charge is 0.256 e. The minimum atomic E-state index is -0.0940. The number of halogens is 1. The van der Waals surface area contributed by atoms with Crippen molar-refractivity contribution in [3.05, 3.63) is 82.9 Å². The number of carbonyl (C=O) groups is 1. The summed E-state index contributed by atoms with van der Waals surface area (Å²) in [4.78, 5) is 23.4. The van der Waals surface area contributed by atoms with E-state index >= 15 is 0 Å². The second-order valence-electron chi connectivity index (χ2n) is 7.34. The van der Waals surface area contributed by atoms with Crippen molar-refractivity contribution in [3.8, 4) is 11.4 Å². The summed E-state index contributed by atoms with van der Waals surface area (Å²) in [5.74, 6) is 0.739. The number of rotatable bonds is 4. The van der Waals surface area contributed by atoms with Crippen LogP contribution < -0.4 is 4.74 Å². The van der Waals surface area contributed by atoms with Gasteiger partial charge >= 0.3 is 0 Å². The highest BCUT2D eigenvalue weighted by atomic mass is 35.5. The lowest BCUT2D eigenvalue weighted by molar-refractivity contribution is 0.0723. The van der Waals surface area contributed by atoms with Crippen LogP contribution >= 0.6 is 11.6 Å². The summed E-state index contributed by atoms with van der Waals surface area (Å²) in [6.45, 7) is 2.54. The summed E-state index contributed by atoms with van der Waals surface area (Å²) in [5, 5.41) is 1.40. The Morgan fingerprint density at radius 2 is 1.97 bits per heavy atom. The quantitative estimate of drug-likeness (QED) is 0.477. The summed E-state index contributed by atoms with van der Waals surface area (Å²) in [7, 11) is 1.64. The Kier molecular flexibility index (Phi) is 4.44. The standard InChI is InChI=1S/C23H19ClN4O2/c1-14-19-9-17(27-8-7-16-11-25-13-26-22(16)27)10-20(24)21(19)23(29)28(14)12-15-3-5-18(30-2)6-4-15/h3-11,13-14H,12H2,1-2H3. The fraction of sp³-hybridized carbons (Fsp3) is 0.174. The average molecular weight is 419 g/mol. The number of ether oxygens (including phenoxy) is 1. The molecule has 30 heavy (non-hydrogen) atoms. The number of methoxy groups -OCH3 is 1. The molecule has 0 N–H and O–H groups in total.